The lowest BCUT2D eigenvalue weighted by atomic mass is 10.2. The van der Waals surface area contributed by atoms with Crippen molar-refractivity contribution in [2.45, 2.75) is 52.4 Å². The van der Waals surface area contributed by atoms with Crippen LogP contribution in [0.2, 0.25) is 18.1 Å². The molecule has 0 bridgehead atoms. The van der Waals surface area contributed by atoms with E-state index < -0.39 is 8.32 Å². The quantitative estimate of drug-likeness (QED) is 0.565. The molecular weight excluding hydrogens is 354 g/mol. The Kier molecular flexibility index (Phi) is 6.71. The zero-order valence-corrected chi connectivity index (χ0v) is 18.3. The zero-order chi connectivity index (χ0) is 20.1. The third-order valence-electron chi connectivity index (χ3n) is 5.06. The van der Waals surface area contributed by atoms with E-state index in [4.69, 9.17) is 9.16 Å². The van der Waals surface area contributed by atoms with Gasteiger partial charge in [0, 0.05) is 13.1 Å². The van der Waals surface area contributed by atoms with E-state index in [0.717, 1.165) is 11.3 Å². The van der Waals surface area contributed by atoms with Crippen LogP contribution in [-0.4, -0.2) is 25.9 Å². The van der Waals surface area contributed by atoms with Crippen LogP contribution in [0.4, 0.5) is 4.79 Å². The summed E-state index contributed by atoms with van der Waals surface area (Å²) in [5.41, 5.74) is 1.08. The summed E-state index contributed by atoms with van der Waals surface area (Å²) in [5, 5.41) is 0.136. The molecule has 0 unspecified atom stereocenters. The van der Waals surface area contributed by atoms with E-state index in [1.54, 1.807) is 17.0 Å². The van der Waals surface area contributed by atoms with Crippen LogP contribution in [0.3, 0.4) is 0 Å². The molecule has 5 heteroatoms. The predicted octanol–water partition coefficient (Wildman–Crippen LogP) is 6.09. The fourth-order valence-corrected chi connectivity index (χ4v) is 3.33. The molecule has 0 aliphatic rings. The maximum absolute atomic E-state index is 12.5. The molecule has 27 heavy (non-hydrogen) atoms. The van der Waals surface area contributed by atoms with Crippen LogP contribution in [0.25, 0.3) is 0 Å². The maximum Gasteiger partial charge on any atom is 0.415 e. The first-order valence-corrected chi connectivity index (χ1v) is 12.3. The second-order valence-corrected chi connectivity index (χ2v) is 12.9. The van der Waals surface area contributed by atoms with Crippen molar-refractivity contribution < 1.29 is 14.0 Å². The first-order chi connectivity index (χ1) is 12.6. The highest BCUT2D eigenvalue weighted by Crippen LogP contribution is 2.37. The summed E-state index contributed by atoms with van der Waals surface area (Å²) in [6.07, 6.45) is -0.348. The summed E-state index contributed by atoms with van der Waals surface area (Å²) in [6.45, 7) is 14.1. The lowest BCUT2D eigenvalue weighted by molar-refractivity contribution is 0.152. The van der Waals surface area contributed by atoms with Gasteiger partial charge in [0.1, 0.15) is 11.5 Å². The van der Waals surface area contributed by atoms with Crippen LogP contribution in [0.5, 0.6) is 11.5 Å². The topological polar surface area (TPSA) is 38.8 Å². The average Bonchev–Trinajstić information content (AvgIpc) is 2.61. The van der Waals surface area contributed by atoms with Gasteiger partial charge < -0.3 is 14.1 Å². The van der Waals surface area contributed by atoms with E-state index >= 15 is 0 Å². The van der Waals surface area contributed by atoms with Crippen molar-refractivity contribution in [2.75, 3.05) is 6.54 Å². The fraction of sp³-hybridized carbons (Fsp3) is 0.409. The van der Waals surface area contributed by atoms with Gasteiger partial charge in [0.05, 0.1) is 0 Å². The van der Waals surface area contributed by atoms with Crippen molar-refractivity contribution in [3.8, 4) is 11.5 Å². The summed E-state index contributed by atoms with van der Waals surface area (Å²) in [4.78, 5) is 14.1. The van der Waals surface area contributed by atoms with Crippen LogP contribution < -0.4 is 9.16 Å². The Bertz CT molecular complexity index is 736. The molecule has 0 spiro atoms. The van der Waals surface area contributed by atoms with Gasteiger partial charge in [-0.25, -0.2) is 4.79 Å². The third kappa shape index (κ3) is 5.86. The summed E-state index contributed by atoms with van der Waals surface area (Å²) < 4.78 is 11.8. The van der Waals surface area contributed by atoms with Gasteiger partial charge in [-0.2, -0.15) is 0 Å². The van der Waals surface area contributed by atoms with Crippen LogP contribution in [0.15, 0.2) is 54.6 Å². The highest BCUT2D eigenvalue weighted by atomic mass is 28.4. The average molecular weight is 386 g/mol. The summed E-state index contributed by atoms with van der Waals surface area (Å²) >= 11 is 0. The van der Waals surface area contributed by atoms with Crippen LogP contribution in [0, 0.1) is 0 Å². The zero-order valence-electron chi connectivity index (χ0n) is 17.3. The van der Waals surface area contributed by atoms with Crippen molar-refractivity contribution in [3.05, 3.63) is 60.2 Å². The lowest BCUT2D eigenvalue weighted by Crippen LogP contribution is -2.43. The molecule has 146 valence electrons. The SMILES string of the molecule is CCN(Cc1ccccc1)C(=O)Oc1ccc(O[Si](C)(C)C(C)(C)C)cc1. The molecule has 0 radical (unpaired) electrons. The summed E-state index contributed by atoms with van der Waals surface area (Å²) in [7, 11) is -1.88. The fourth-order valence-electron chi connectivity index (χ4n) is 2.30. The molecule has 1 amide bonds. The summed E-state index contributed by atoms with van der Waals surface area (Å²) in [6, 6.07) is 17.2. The van der Waals surface area contributed by atoms with E-state index in [9.17, 15) is 4.79 Å². The molecule has 0 saturated heterocycles. The van der Waals surface area contributed by atoms with Gasteiger partial charge >= 0.3 is 6.09 Å². The normalized spacial score (nSPS) is 11.8. The molecule has 0 heterocycles. The van der Waals surface area contributed by atoms with Crippen molar-refractivity contribution >= 4 is 14.4 Å². The number of carbonyl (C=O) groups excluding carboxylic acids is 1. The van der Waals surface area contributed by atoms with Gasteiger partial charge in [0.15, 0.2) is 0 Å². The van der Waals surface area contributed by atoms with Crippen LogP contribution in [0.1, 0.15) is 33.3 Å². The minimum Gasteiger partial charge on any atom is -0.543 e. The number of carbonyl (C=O) groups is 1. The van der Waals surface area contributed by atoms with Crippen molar-refractivity contribution in [3.63, 3.8) is 0 Å². The largest absolute Gasteiger partial charge is 0.543 e. The second-order valence-electron chi connectivity index (χ2n) is 8.20. The summed E-state index contributed by atoms with van der Waals surface area (Å²) in [5.74, 6) is 1.34. The number of rotatable bonds is 6. The molecule has 2 rings (SSSR count). The third-order valence-corrected chi connectivity index (χ3v) is 9.42. The van der Waals surface area contributed by atoms with Crippen LogP contribution in [-0.2, 0) is 6.54 Å². The number of ether oxygens (including phenoxy) is 1. The first-order valence-electron chi connectivity index (χ1n) is 9.42. The van der Waals surface area contributed by atoms with Crippen molar-refractivity contribution in [2.24, 2.45) is 0 Å². The minimum absolute atomic E-state index is 0.136. The van der Waals surface area contributed by atoms with E-state index in [2.05, 4.69) is 33.9 Å². The molecule has 0 aromatic heterocycles. The van der Waals surface area contributed by atoms with Gasteiger partial charge in [-0.15, -0.1) is 0 Å². The van der Waals surface area contributed by atoms with E-state index in [1.807, 2.05) is 49.4 Å². The predicted molar refractivity (Wildman–Crippen MR) is 113 cm³/mol. The molecule has 2 aromatic carbocycles. The maximum atomic E-state index is 12.5. The molecule has 0 aliphatic carbocycles. The lowest BCUT2D eigenvalue weighted by Gasteiger charge is -2.36. The van der Waals surface area contributed by atoms with Gasteiger partial charge in [-0.1, -0.05) is 51.1 Å². The molecule has 0 aliphatic heterocycles. The van der Waals surface area contributed by atoms with E-state index in [1.165, 1.54) is 0 Å². The second kappa shape index (κ2) is 8.61. The molecule has 2 aromatic rings. The van der Waals surface area contributed by atoms with Gasteiger partial charge in [0.25, 0.3) is 0 Å². The number of hydrogen-bond acceptors (Lipinski definition) is 3. The van der Waals surface area contributed by atoms with Crippen LogP contribution >= 0.6 is 0 Å². The number of amides is 1. The van der Waals surface area contributed by atoms with E-state index in [-0.39, 0.29) is 11.1 Å². The Morgan fingerprint density at radius 2 is 1.52 bits per heavy atom. The van der Waals surface area contributed by atoms with Gasteiger partial charge in [0.2, 0.25) is 8.32 Å². The Balaban J connectivity index is 1.99. The number of benzene rings is 2. The Labute approximate surface area is 164 Å². The monoisotopic (exact) mass is 385 g/mol. The Morgan fingerprint density at radius 1 is 0.963 bits per heavy atom. The molecule has 4 nitrogen and oxygen atoms in total. The highest BCUT2D eigenvalue weighted by Gasteiger charge is 2.38. The molecule has 0 N–H and O–H groups in total. The number of hydrogen-bond donors (Lipinski definition) is 0. The Morgan fingerprint density at radius 3 is 2.04 bits per heavy atom. The first kappa shape index (κ1) is 21.0. The highest BCUT2D eigenvalue weighted by molar-refractivity contribution is 6.74. The van der Waals surface area contributed by atoms with E-state index in [0.29, 0.717) is 18.8 Å². The van der Waals surface area contributed by atoms with Gasteiger partial charge in [-0.3, -0.25) is 0 Å². The molecule has 0 saturated carbocycles. The van der Waals surface area contributed by atoms with Crippen molar-refractivity contribution in [1.29, 1.82) is 0 Å². The Hall–Kier alpha value is -2.27. The number of nitrogens with zero attached hydrogens (tertiary/aromatic N) is 1. The van der Waals surface area contributed by atoms with Gasteiger partial charge in [-0.05, 0) is 54.9 Å². The molecular formula is C22H31NO3Si. The standard InChI is InChI=1S/C22H31NO3Si/c1-7-23(17-18-11-9-8-10-12-18)21(24)25-19-13-15-20(16-14-19)26-27(5,6)22(2,3)4/h8-16H,7,17H2,1-6H3. The minimum atomic E-state index is -1.88. The molecule has 0 atom stereocenters. The smallest absolute Gasteiger partial charge is 0.415 e. The molecule has 0 fully saturated rings. The van der Waals surface area contributed by atoms with Crippen molar-refractivity contribution in [1.82, 2.24) is 4.90 Å².